The zero-order valence-corrected chi connectivity index (χ0v) is 14.4. The van der Waals surface area contributed by atoms with Gasteiger partial charge in [-0.2, -0.15) is 0 Å². The quantitative estimate of drug-likeness (QED) is 0.426. The second-order valence-electron chi connectivity index (χ2n) is 6.55. The van der Waals surface area contributed by atoms with Gasteiger partial charge >= 0.3 is 5.97 Å². The first-order chi connectivity index (χ1) is 11.0. The molecule has 0 saturated heterocycles. The molecule has 2 nitrogen and oxygen atoms in total. The molecule has 0 unspecified atom stereocenters. The van der Waals surface area contributed by atoms with Crippen LogP contribution < -0.4 is 0 Å². The van der Waals surface area contributed by atoms with E-state index in [1.807, 2.05) is 13.8 Å². The Morgan fingerprint density at radius 3 is 2.12 bits per heavy atom. The van der Waals surface area contributed by atoms with Crippen molar-refractivity contribution in [1.29, 1.82) is 0 Å². The van der Waals surface area contributed by atoms with E-state index >= 15 is 0 Å². The van der Waals surface area contributed by atoms with Crippen molar-refractivity contribution in [2.24, 2.45) is 17.3 Å². The number of carbonyl (C=O) groups is 1. The van der Waals surface area contributed by atoms with Crippen LogP contribution in [0.2, 0.25) is 0 Å². The molecule has 1 aliphatic rings. The summed E-state index contributed by atoms with van der Waals surface area (Å²) in [5.74, 6) is -7.49. The summed E-state index contributed by atoms with van der Waals surface area (Å²) in [5.41, 5.74) is -2.11. The molecule has 1 aliphatic carbocycles. The van der Waals surface area contributed by atoms with Gasteiger partial charge < -0.3 is 4.74 Å². The van der Waals surface area contributed by atoms with E-state index in [0.717, 1.165) is 6.92 Å². The van der Waals surface area contributed by atoms with Crippen molar-refractivity contribution in [3.05, 3.63) is 45.5 Å². The topological polar surface area (TPSA) is 26.3 Å². The number of rotatable bonds is 4. The molecule has 24 heavy (non-hydrogen) atoms. The zero-order valence-electron chi connectivity index (χ0n) is 13.6. The lowest BCUT2D eigenvalue weighted by atomic mass is 10.1. The molecule has 1 saturated carbocycles. The van der Waals surface area contributed by atoms with Crippen LogP contribution in [0.15, 0.2) is 11.1 Å². The molecule has 0 bridgehead atoms. The minimum Gasteiger partial charge on any atom is -0.460 e. The first-order valence-corrected chi connectivity index (χ1v) is 7.69. The van der Waals surface area contributed by atoms with Crippen LogP contribution in [0.1, 0.15) is 31.9 Å². The second-order valence-corrected chi connectivity index (χ2v) is 7.14. The number of halogens is 5. The van der Waals surface area contributed by atoms with Crippen molar-refractivity contribution in [3.8, 4) is 0 Å². The highest BCUT2D eigenvalue weighted by molar-refractivity contribution is 6.29. The zero-order chi connectivity index (χ0) is 18.4. The van der Waals surface area contributed by atoms with Gasteiger partial charge in [0.15, 0.2) is 23.3 Å². The number of allylic oxidation sites excluding steroid dienone is 2. The van der Waals surface area contributed by atoms with Crippen LogP contribution in [0, 0.1) is 47.4 Å². The molecule has 0 spiro atoms. The molecule has 7 heteroatoms. The highest BCUT2D eigenvalue weighted by Gasteiger charge is 2.61. The molecule has 0 aromatic heterocycles. The van der Waals surface area contributed by atoms with E-state index in [1.54, 1.807) is 13.0 Å². The van der Waals surface area contributed by atoms with Gasteiger partial charge in [-0.3, -0.25) is 4.79 Å². The Kier molecular flexibility index (Phi) is 5.00. The van der Waals surface area contributed by atoms with Crippen LogP contribution in [-0.2, 0) is 16.1 Å². The number of esters is 1. The monoisotopic (exact) mass is 364 g/mol. The lowest BCUT2D eigenvalue weighted by molar-refractivity contribution is -0.147. The lowest BCUT2D eigenvalue weighted by Gasteiger charge is -2.10. The lowest BCUT2D eigenvalue weighted by Crippen LogP contribution is -2.14. The predicted octanol–water partition coefficient (Wildman–Crippen LogP) is 5.01. The Balaban J connectivity index is 2.16. The summed E-state index contributed by atoms with van der Waals surface area (Å²) in [7, 11) is 0. The van der Waals surface area contributed by atoms with Gasteiger partial charge in [0, 0.05) is 10.6 Å². The van der Waals surface area contributed by atoms with E-state index in [2.05, 4.69) is 0 Å². The summed E-state index contributed by atoms with van der Waals surface area (Å²) in [6.45, 7) is 5.36. The number of ether oxygens (including phenoxy) is 1. The standard InChI is InChI=1S/C17H17ClF4O2/c1-7(18)5-10-11(17(10,3)4)16(23)24-6-9-14(21)12(19)8(2)13(20)15(9)22/h5,10-11H,6H2,1-4H3/b7-5-/t10-,11+/m1/s1. The fourth-order valence-corrected chi connectivity index (χ4v) is 2.97. The SMILES string of the molecule is C/C(Cl)=C/[C@@H]1[C@@H](C(=O)OCc2c(F)c(F)c(C)c(F)c2F)C1(C)C. The highest BCUT2D eigenvalue weighted by Crippen LogP contribution is 2.60. The van der Waals surface area contributed by atoms with Gasteiger partial charge in [0.1, 0.15) is 6.61 Å². The number of benzene rings is 1. The molecule has 0 aliphatic heterocycles. The predicted molar refractivity (Wildman–Crippen MR) is 81.2 cm³/mol. The van der Waals surface area contributed by atoms with Crippen LogP contribution in [0.4, 0.5) is 17.6 Å². The average Bonchev–Trinajstić information content (AvgIpc) is 3.02. The fraction of sp³-hybridized carbons (Fsp3) is 0.471. The largest absolute Gasteiger partial charge is 0.460 e. The van der Waals surface area contributed by atoms with E-state index in [-0.39, 0.29) is 5.92 Å². The summed E-state index contributed by atoms with van der Waals surface area (Å²) in [6, 6.07) is 0. The third-order valence-electron chi connectivity index (χ3n) is 4.51. The third-order valence-corrected chi connectivity index (χ3v) is 4.63. The van der Waals surface area contributed by atoms with E-state index in [1.165, 1.54) is 0 Å². The maximum absolute atomic E-state index is 13.8. The van der Waals surface area contributed by atoms with Gasteiger partial charge in [0.05, 0.1) is 11.5 Å². The van der Waals surface area contributed by atoms with Crippen LogP contribution in [0.3, 0.4) is 0 Å². The minimum atomic E-state index is -1.55. The Bertz CT molecular complexity index is 695. The van der Waals surface area contributed by atoms with Crippen molar-refractivity contribution in [1.82, 2.24) is 0 Å². The molecule has 0 N–H and O–H groups in total. The van der Waals surface area contributed by atoms with Crippen molar-refractivity contribution in [2.45, 2.75) is 34.3 Å². The molecule has 0 amide bonds. The molecule has 0 heterocycles. The Hall–Kier alpha value is -1.56. The molecule has 1 aromatic carbocycles. The average molecular weight is 365 g/mol. The van der Waals surface area contributed by atoms with E-state index < -0.39 is 58.3 Å². The van der Waals surface area contributed by atoms with Gasteiger partial charge in [-0.25, -0.2) is 17.6 Å². The number of hydrogen-bond donors (Lipinski definition) is 0. The highest BCUT2D eigenvalue weighted by atomic mass is 35.5. The summed E-state index contributed by atoms with van der Waals surface area (Å²) in [4.78, 5) is 12.1. The van der Waals surface area contributed by atoms with Gasteiger partial charge in [-0.1, -0.05) is 31.5 Å². The minimum absolute atomic E-state index is 0.163. The smallest absolute Gasteiger partial charge is 0.310 e. The summed E-state index contributed by atoms with van der Waals surface area (Å²) in [5, 5.41) is 0.517. The number of carbonyl (C=O) groups excluding carboxylic acids is 1. The van der Waals surface area contributed by atoms with Crippen molar-refractivity contribution >= 4 is 17.6 Å². The molecule has 0 radical (unpaired) electrons. The molecule has 1 fully saturated rings. The van der Waals surface area contributed by atoms with E-state index in [0.29, 0.717) is 5.03 Å². The third kappa shape index (κ3) is 3.16. The van der Waals surface area contributed by atoms with Crippen molar-refractivity contribution < 1.29 is 27.1 Å². The van der Waals surface area contributed by atoms with Crippen LogP contribution in [0.25, 0.3) is 0 Å². The first kappa shape index (κ1) is 18.8. The van der Waals surface area contributed by atoms with Gasteiger partial charge in [-0.15, -0.1) is 0 Å². The molecule has 2 rings (SSSR count). The maximum Gasteiger partial charge on any atom is 0.310 e. The normalized spacial score (nSPS) is 22.5. The Morgan fingerprint density at radius 2 is 1.67 bits per heavy atom. The van der Waals surface area contributed by atoms with Crippen LogP contribution in [-0.4, -0.2) is 5.97 Å². The Labute approximate surface area is 142 Å². The van der Waals surface area contributed by atoms with Crippen molar-refractivity contribution in [3.63, 3.8) is 0 Å². The van der Waals surface area contributed by atoms with Gasteiger partial charge in [0.25, 0.3) is 0 Å². The van der Waals surface area contributed by atoms with E-state index in [4.69, 9.17) is 16.3 Å². The Morgan fingerprint density at radius 1 is 1.17 bits per heavy atom. The second kappa shape index (κ2) is 6.39. The summed E-state index contributed by atoms with van der Waals surface area (Å²) < 4.78 is 59.5. The number of hydrogen-bond acceptors (Lipinski definition) is 2. The molecule has 1 aromatic rings. The summed E-state index contributed by atoms with van der Waals surface area (Å²) >= 11 is 5.80. The van der Waals surface area contributed by atoms with Gasteiger partial charge in [-0.05, 0) is 25.2 Å². The van der Waals surface area contributed by atoms with Crippen LogP contribution in [0.5, 0.6) is 0 Å². The van der Waals surface area contributed by atoms with Crippen molar-refractivity contribution in [2.75, 3.05) is 0 Å². The molecule has 132 valence electrons. The molecular weight excluding hydrogens is 348 g/mol. The maximum atomic E-state index is 13.8. The first-order valence-electron chi connectivity index (χ1n) is 7.32. The van der Waals surface area contributed by atoms with Gasteiger partial charge in [0.2, 0.25) is 0 Å². The van der Waals surface area contributed by atoms with E-state index in [9.17, 15) is 22.4 Å². The van der Waals surface area contributed by atoms with Crippen LogP contribution >= 0.6 is 11.6 Å². The molecule has 2 atom stereocenters. The fourth-order valence-electron chi connectivity index (χ4n) is 2.83. The molecular formula is C17H17ClF4O2. The summed E-state index contributed by atoms with van der Waals surface area (Å²) in [6.07, 6.45) is 1.71.